The summed E-state index contributed by atoms with van der Waals surface area (Å²) in [5.41, 5.74) is 1.70. The van der Waals surface area contributed by atoms with Gasteiger partial charge in [-0.25, -0.2) is 0 Å². The van der Waals surface area contributed by atoms with Crippen molar-refractivity contribution in [2.24, 2.45) is 5.92 Å². The summed E-state index contributed by atoms with van der Waals surface area (Å²) >= 11 is 5.16. The number of anilines is 2. The van der Waals surface area contributed by atoms with Crippen LogP contribution in [0.1, 0.15) is 47.0 Å². The second-order valence-electron chi connectivity index (χ2n) is 5.37. The van der Waals surface area contributed by atoms with Crippen molar-refractivity contribution >= 4 is 23.6 Å². The zero-order chi connectivity index (χ0) is 14.4. The third-order valence-corrected chi connectivity index (χ3v) is 3.85. The molecule has 108 valence electrons. The van der Waals surface area contributed by atoms with E-state index in [2.05, 4.69) is 37.9 Å². The molecule has 0 saturated heterocycles. The van der Waals surface area contributed by atoms with Crippen LogP contribution in [-0.4, -0.2) is 19.6 Å². The summed E-state index contributed by atoms with van der Waals surface area (Å²) in [6.07, 6.45) is 3.56. The smallest absolute Gasteiger partial charge is 0.223 e. The normalized spacial score (nSPS) is 11.2. The van der Waals surface area contributed by atoms with E-state index >= 15 is 0 Å². The lowest BCUT2D eigenvalue weighted by molar-refractivity contribution is 0.544. The molecule has 0 fully saturated rings. The summed E-state index contributed by atoms with van der Waals surface area (Å²) in [5.74, 6) is 0.753. The van der Waals surface area contributed by atoms with Gasteiger partial charge in [0.1, 0.15) is 10.2 Å². The lowest BCUT2D eigenvalue weighted by Crippen LogP contribution is -2.31. The molecule has 3 nitrogen and oxygen atoms in total. The molecule has 0 aliphatic heterocycles. The third-order valence-electron chi connectivity index (χ3n) is 3.47. The molecule has 1 N–H and O–H groups in total. The Hall–Kier alpha value is -0.900. The minimum Gasteiger partial charge on any atom is -0.380 e. The van der Waals surface area contributed by atoms with Gasteiger partial charge in [-0.05, 0) is 26.2 Å². The van der Waals surface area contributed by atoms with Crippen LogP contribution in [0.5, 0.6) is 0 Å². The van der Waals surface area contributed by atoms with Gasteiger partial charge >= 0.3 is 0 Å². The molecule has 0 aliphatic rings. The average Bonchev–Trinajstić information content (AvgIpc) is 2.40. The highest BCUT2D eigenvalue weighted by atomic mass is 32.1. The fraction of sp³-hybridized carbons (Fsp3) is 0.733. The molecule has 0 bridgehead atoms. The van der Waals surface area contributed by atoms with Gasteiger partial charge in [-0.2, -0.15) is 0 Å². The fourth-order valence-corrected chi connectivity index (χ4v) is 2.61. The van der Waals surface area contributed by atoms with Crippen molar-refractivity contribution in [1.29, 1.82) is 0 Å². The van der Waals surface area contributed by atoms with Crippen LogP contribution in [0.2, 0.25) is 0 Å². The summed E-state index contributed by atoms with van der Waals surface area (Å²) in [7, 11) is 0. The number of hydrogen-bond acceptors (Lipinski definition) is 4. The van der Waals surface area contributed by atoms with Crippen LogP contribution in [0.15, 0.2) is 4.79 Å². The predicted molar refractivity (Wildman–Crippen MR) is 86.7 cm³/mol. The summed E-state index contributed by atoms with van der Waals surface area (Å²) in [6, 6.07) is 0. The van der Waals surface area contributed by atoms with E-state index in [0.717, 1.165) is 43.3 Å². The summed E-state index contributed by atoms with van der Waals surface area (Å²) in [6.45, 7) is 11.3. The first-order valence-corrected chi connectivity index (χ1v) is 7.75. The first-order chi connectivity index (χ1) is 9.02. The van der Waals surface area contributed by atoms with Crippen LogP contribution in [0.4, 0.5) is 11.4 Å². The lowest BCUT2D eigenvalue weighted by atomic mass is 10.1. The Bertz CT molecular complexity index is 457. The van der Waals surface area contributed by atoms with E-state index in [0.29, 0.717) is 4.51 Å². The minimum atomic E-state index is 0.0146. The molecule has 0 amide bonds. The SMILES string of the molecule is CCN(CC)c1c(NCCCCC(C)C)c(=O)c1=S. The number of unbranched alkanes of at least 4 members (excludes halogenated alkanes) is 1. The predicted octanol–water partition coefficient (Wildman–Crippen LogP) is 3.74. The van der Waals surface area contributed by atoms with Crippen molar-refractivity contribution in [3.8, 4) is 0 Å². The molecule has 1 aromatic carbocycles. The molecule has 0 spiro atoms. The molecule has 0 saturated carbocycles. The van der Waals surface area contributed by atoms with Crippen LogP contribution < -0.4 is 15.6 Å². The van der Waals surface area contributed by atoms with E-state index in [-0.39, 0.29) is 5.43 Å². The zero-order valence-corrected chi connectivity index (χ0v) is 13.4. The Morgan fingerprint density at radius 1 is 1.21 bits per heavy atom. The van der Waals surface area contributed by atoms with E-state index in [1.807, 2.05) is 0 Å². The number of nitrogens with zero attached hydrogens (tertiary/aromatic N) is 1. The molecule has 0 aliphatic carbocycles. The Balaban J connectivity index is 2.53. The number of hydrogen-bond donors (Lipinski definition) is 1. The Labute approximate surface area is 121 Å². The second kappa shape index (κ2) is 7.63. The van der Waals surface area contributed by atoms with Crippen molar-refractivity contribution in [2.45, 2.75) is 47.0 Å². The molecule has 0 unspecified atom stereocenters. The van der Waals surface area contributed by atoms with Crippen LogP contribution in [-0.2, 0) is 0 Å². The van der Waals surface area contributed by atoms with Gasteiger partial charge in [0.05, 0.1) is 5.69 Å². The first-order valence-electron chi connectivity index (χ1n) is 7.35. The summed E-state index contributed by atoms with van der Waals surface area (Å²) in [5, 5.41) is 3.27. The number of rotatable bonds is 9. The molecule has 19 heavy (non-hydrogen) atoms. The average molecular weight is 282 g/mol. The van der Waals surface area contributed by atoms with Gasteiger partial charge in [-0.15, -0.1) is 0 Å². The molecule has 0 radical (unpaired) electrons. The topological polar surface area (TPSA) is 32.3 Å². The van der Waals surface area contributed by atoms with Gasteiger partial charge in [-0.3, -0.25) is 4.79 Å². The molecule has 4 heteroatoms. The number of nitrogens with one attached hydrogen (secondary N) is 1. The van der Waals surface area contributed by atoms with Crippen LogP contribution >= 0.6 is 12.2 Å². The standard InChI is InChI=1S/C15H26N2OS/c1-5-17(6-2)13-12(14(18)15(13)19)16-10-8-7-9-11(3)4/h11,16H,5-10H2,1-4H3. The third kappa shape index (κ3) is 4.03. The molecule has 1 aromatic rings. The van der Waals surface area contributed by atoms with E-state index in [4.69, 9.17) is 12.2 Å². The van der Waals surface area contributed by atoms with Crippen LogP contribution in [0.3, 0.4) is 0 Å². The van der Waals surface area contributed by atoms with Crippen molar-refractivity contribution in [3.63, 3.8) is 0 Å². The highest BCUT2D eigenvalue weighted by Crippen LogP contribution is 2.27. The van der Waals surface area contributed by atoms with Gasteiger partial charge in [0.15, 0.2) is 0 Å². The van der Waals surface area contributed by atoms with E-state index in [1.165, 1.54) is 12.8 Å². The maximum Gasteiger partial charge on any atom is 0.223 e. The fourth-order valence-electron chi connectivity index (χ4n) is 2.28. The lowest BCUT2D eigenvalue weighted by Gasteiger charge is -2.26. The van der Waals surface area contributed by atoms with Crippen molar-refractivity contribution in [3.05, 3.63) is 14.7 Å². The molecular formula is C15H26N2OS. The van der Waals surface area contributed by atoms with Crippen LogP contribution in [0, 0.1) is 10.4 Å². The van der Waals surface area contributed by atoms with Gasteiger partial charge in [0, 0.05) is 19.6 Å². The quantitative estimate of drug-likeness (QED) is 0.552. The molecule has 0 heterocycles. The Morgan fingerprint density at radius 2 is 1.84 bits per heavy atom. The van der Waals surface area contributed by atoms with E-state index in [9.17, 15) is 4.79 Å². The van der Waals surface area contributed by atoms with E-state index in [1.54, 1.807) is 0 Å². The maximum absolute atomic E-state index is 11.8. The monoisotopic (exact) mass is 282 g/mol. The highest BCUT2D eigenvalue weighted by molar-refractivity contribution is 7.71. The Kier molecular flexibility index (Phi) is 6.49. The largest absolute Gasteiger partial charge is 0.380 e. The van der Waals surface area contributed by atoms with Gasteiger partial charge in [-0.1, -0.05) is 38.9 Å². The highest BCUT2D eigenvalue weighted by Gasteiger charge is 2.20. The zero-order valence-electron chi connectivity index (χ0n) is 12.6. The molecule has 0 atom stereocenters. The van der Waals surface area contributed by atoms with Gasteiger partial charge in [0.2, 0.25) is 5.43 Å². The maximum atomic E-state index is 11.8. The van der Waals surface area contributed by atoms with Gasteiger partial charge < -0.3 is 10.2 Å². The summed E-state index contributed by atoms with van der Waals surface area (Å²) in [4.78, 5) is 13.9. The molecule has 0 aromatic heterocycles. The minimum absolute atomic E-state index is 0.0146. The molecule has 1 rings (SSSR count). The van der Waals surface area contributed by atoms with Crippen molar-refractivity contribution in [1.82, 2.24) is 0 Å². The molecular weight excluding hydrogens is 256 g/mol. The van der Waals surface area contributed by atoms with Crippen LogP contribution in [0.25, 0.3) is 0 Å². The van der Waals surface area contributed by atoms with Crippen molar-refractivity contribution in [2.75, 3.05) is 29.9 Å². The van der Waals surface area contributed by atoms with Gasteiger partial charge in [0.25, 0.3) is 0 Å². The van der Waals surface area contributed by atoms with E-state index < -0.39 is 0 Å². The second-order valence-corrected chi connectivity index (χ2v) is 5.78. The van der Waals surface area contributed by atoms with Crippen molar-refractivity contribution < 1.29 is 0 Å². The Morgan fingerprint density at radius 3 is 2.37 bits per heavy atom. The summed E-state index contributed by atoms with van der Waals surface area (Å²) < 4.78 is 0.494. The first kappa shape index (κ1) is 16.2.